The van der Waals surface area contributed by atoms with Gasteiger partial charge in [0.15, 0.2) is 5.11 Å². The van der Waals surface area contributed by atoms with Crippen LogP contribution in [0.1, 0.15) is 16.7 Å². The van der Waals surface area contributed by atoms with Gasteiger partial charge in [-0.1, -0.05) is 30.3 Å². The van der Waals surface area contributed by atoms with Crippen LogP contribution in [0, 0.1) is 13.8 Å². The van der Waals surface area contributed by atoms with E-state index in [4.69, 9.17) is 17.0 Å². The van der Waals surface area contributed by atoms with E-state index in [0.717, 1.165) is 28.1 Å². The number of hydrogen-bond acceptors (Lipinski definition) is 3. The van der Waals surface area contributed by atoms with Gasteiger partial charge in [0.2, 0.25) is 5.91 Å². The minimum absolute atomic E-state index is 0.275. The van der Waals surface area contributed by atoms with Gasteiger partial charge in [0.05, 0.1) is 7.11 Å². The SMILES string of the molecule is COc1ccc(/C=C/C(=O)NC(=S)Nc2c(C)cccc2C)cc1. The molecule has 0 aliphatic carbocycles. The molecule has 2 N–H and O–H groups in total. The molecule has 124 valence electrons. The third-order valence-corrected chi connectivity index (χ3v) is 3.70. The van der Waals surface area contributed by atoms with Crippen LogP contribution in [0.2, 0.25) is 0 Å². The Kier molecular flexibility index (Phi) is 6.09. The van der Waals surface area contributed by atoms with Gasteiger partial charge in [-0.25, -0.2) is 0 Å². The van der Waals surface area contributed by atoms with E-state index in [9.17, 15) is 4.79 Å². The summed E-state index contributed by atoms with van der Waals surface area (Å²) in [5.74, 6) is 0.491. The maximum Gasteiger partial charge on any atom is 0.250 e. The van der Waals surface area contributed by atoms with Crippen molar-refractivity contribution < 1.29 is 9.53 Å². The van der Waals surface area contributed by atoms with Crippen LogP contribution in [0.5, 0.6) is 5.75 Å². The van der Waals surface area contributed by atoms with Crippen molar-refractivity contribution in [2.75, 3.05) is 12.4 Å². The number of rotatable bonds is 4. The molecule has 0 aromatic heterocycles. The monoisotopic (exact) mass is 340 g/mol. The number of anilines is 1. The average molecular weight is 340 g/mol. The van der Waals surface area contributed by atoms with Crippen LogP contribution in [-0.4, -0.2) is 18.1 Å². The molecule has 2 aromatic rings. The van der Waals surface area contributed by atoms with Crippen LogP contribution in [0.15, 0.2) is 48.5 Å². The van der Waals surface area contributed by atoms with Crippen molar-refractivity contribution in [2.45, 2.75) is 13.8 Å². The fraction of sp³-hybridized carbons (Fsp3) is 0.158. The van der Waals surface area contributed by atoms with Crippen molar-refractivity contribution in [3.8, 4) is 5.75 Å². The topological polar surface area (TPSA) is 50.4 Å². The second kappa shape index (κ2) is 8.26. The zero-order valence-corrected chi connectivity index (χ0v) is 14.7. The lowest BCUT2D eigenvalue weighted by molar-refractivity contribution is -0.115. The first-order valence-corrected chi connectivity index (χ1v) is 7.90. The molecule has 0 atom stereocenters. The highest BCUT2D eigenvalue weighted by Gasteiger charge is 2.06. The summed E-state index contributed by atoms with van der Waals surface area (Å²) in [6.07, 6.45) is 3.16. The summed E-state index contributed by atoms with van der Waals surface area (Å²) < 4.78 is 5.09. The van der Waals surface area contributed by atoms with Gasteiger partial charge >= 0.3 is 0 Å². The molecule has 0 saturated heterocycles. The van der Waals surface area contributed by atoms with Gasteiger partial charge in [-0.15, -0.1) is 0 Å². The number of methoxy groups -OCH3 is 1. The van der Waals surface area contributed by atoms with Crippen molar-refractivity contribution in [1.82, 2.24) is 5.32 Å². The zero-order valence-electron chi connectivity index (χ0n) is 13.9. The van der Waals surface area contributed by atoms with Gasteiger partial charge in [0, 0.05) is 11.8 Å². The largest absolute Gasteiger partial charge is 0.497 e. The smallest absolute Gasteiger partial charge is 0.250 e. The molecule has 0 aliphatic rings. The molecule has 0 bridgehead atoms. The van der Waals surface area contributed by atoms with Gasteiger partial charge in [0.25, 0.3) is 0 Å². The Hall–Kier alpha value is -2.66. The van der Waals surface area contributed by atoms with Crippen molar-refractivity contribution in [2.24, 2.45) is 0 Å². The highest BCUT2D eigenvalue weighted by atomic mass is 32.1. The molecule has 4 nitrogen and oxygen atoms in total. The Morgan fingerprint density at radius 3 is 2.29 bits per heavy atom. The molecule has 24 heavy (non-hydrogen) atoms. The van der Waals surface area contributed by atoms with Crippen LogP contribution in [0.25, 0.3) is 6.08 Å². The summed E-state index contributed by atoms with van der Waals surface area (Å²) in [6.45, 7) is 3.98. The first-order chi connectivity index (χ1) is 11.5. The lowest BCUT2D eigenvalue weighted by Gasteiger charge is -2.13. The molecular formula is C19H20N2O2S. The fourth-order valence-corrected chi connectivity index (χ4v) is 2.40. The van der Waals surface area contributed by atoms with Crippen molar-refractivity contribution >= 4 is 35.0 Å². The van der Waals surface area contributed by atoms with Gasteiger partial charge < -0.3 is 10.1 Å². The van der Waals surface area contributed by atoms with E-state index in [-0.39, 0.29) is 11.0 Å². The molecular weight excluding hydrogens is 320 g/mol. The Bertz CT molecular complexity index is 747. The predicted octanol–water partition coefficient (Wildman–Crippen LogP) is 3.84. The van der Waals surface area contributed by atoms with Crippen LogP contribution in [-0.2, 0) is 4.79 Å². The lowest BCUT2D eigenvalue weighted by Crippen LogP contribution is -2.33. The summed E-state index contributed by atoms with van der Waals surface area (Å²) in [5.41, 5.74) is 3.96. The van der Waals surface area contributed by atoms with E-state index in [1.165, 1.54) is 6.08 Å². The van der Waals surface area contributed by atoms with Gasteiger partial charge in [0.1, 0.15) is 5.75 Å². The first kappa shape index (κ1) is 17.7. The molecule has 0 saturated carbocycles. The quantitative estimate of drug-likeness (QED) is 0.656. The molecule has 2 rings (SSSR count). The number of thiocarbonyl (C=S) groups is 1. The zero-order chi connectivity index (χ0) is 17.5. The Morgan fingerprint density at radius 1 is 1.08 bits per heavy atom. The number of benzene rings is 2. The highest BCUT2D eigenvalue weighted by molar-refractivity contribution is 7.80. The number of ether oxygens (including phenoxy) is 1. The second-order valence-electron chi connectivity index (χ2n) is 5.32. The molecule has 0 heterocycles. The lowest BCUT2D eigenvalue weighted by atomic mass is 10.1. The van der Waals surface area contributed by atoms with Crippen molar-refractivity contribution in [3.63, 3.8) is 0 Å². The molecule has 0 unspecified atom stereocenters. The van der Waals surface area contributed by atoms with E-state index in [2.05, 4.69) is 10.6 Å². The summed E-state index contributed by atoms with van der Waals surface area (Å²) in [7, 11) is 1.61. The number of aryl methyl sites for hydroxylation is 2. The van der Waals surface area contributed by atoms with Crippen molar-refractivity contribution in [1.29, 1.82) is 0 Å². The number of carbonyl (C=O) groups excluding carboxylic acids is 1. The summed E-state index contributed by atoms with van der Waals surface area (Å²) in [6, 6.07) is 13.4. The minimum Gasteiger partial charge on any atom is -0.497 e. The van der Waals surface area contributed by atoms with E-state index < -0.39 is 0 Å². The van der Waals surface area contributed by atoms with E-state index in [1.54, 1.807) is 13.2 Å². The third-order valence-electron chi connectivity index (χ3n) is 3.50. The second-order valence-corrected chi connectivity index (χ2v) is 5.72. The predicted molar refractivity (Wildman–Crippen MR) is 102 cm³/mol. The standard InChI is InChI=1S/C19H20N2O2S/c1-13-5-4-6-14(2)18(13)21-19(24)20-17(22)12-9-15-7-10-16(23-3)11-8-15/h4-12H,1-3H3,(H2,20,21,22,24)/b12-9+. The first-order valence-electron chi connectivity index (χ1n) is 7.50. The number of hydrogen-bond donors (Lipinski definition) is 2. The van der Waals surface area contributed by atoms with Gasteiger partial charge in [-0.2, -0.15) is 0 Å². The maximum atomic E-state index is 12.0. The van der Waals surface area contributed by atoms with Gasteiger partial charge in [-0.3, -0.25) is 10.1 Å². The average Bonchev–Trinajstić information content (AvgIpc) is 2.57. The summed E-state index contributed by atoms with van der Waals surface area (Å²) in [4.78, 5) is 12.0. The fourth-order valence-electron chi connectivity index (χ4n) is 2.20. The van der Waals surface area contributed by atoms with Crippen LogP contribution < -0.4 is 15.4 Å². The Balaban J connectivity index is 1.93. The van der Waals surface area contributed by atoms with Gasteiger partial charge in [-0.05, 0) is 61.0 Å². The van der Waals surface area contributed by atoms with Crippen LogP contribution in [0.3, 0.4) is 0 Å². The summed E-state index contributed by atoms with van der Waals surface area (Å²) in [5, 5.41) is 5.99. The van der Waals surface area contributed by atoms with E-state index in [0.29, 0.717) is 0 Å². The molecule has 2 aromatic carbocycles. The van der Waals surface area contributed by atoms with Crippen molar-refractivity contribution in [3.05, 3.63) is 65.2 Å². The molecule has 1 amide bonds. The van der Waals surface area contributed by atoms with Crippen LogP contribution in [0.4, 0.5) is 5.69 Å². The number of amides is 1. The number of para-hydroxylation sites is 1. The molecule has 0 aliphatic heterocycles. The van der Waals surface area contributed by atoms with Crippen LogP contribution >= 0.6 is 12.2 Å². The minimum atomic E-state index is -0.283. The van der Waals surface area contributed by atoms with E-state index >= 15 is 0 Å². The highest BCUT2D eigenvalue weighted by Crippen LogP contribution is 2.19. The normalized spacial score (nSPS) is 10.5. The summed E-state index contributed by atoms with van der Waals surface area (Å²) >= 11 is 5.20. The Morgan fingerprint density at radius 2 is 1.71 bits per heavy atom. The Labute approximate surface area is 147 Å². The molecule has 0 fully saturated rings. The molecule has 0 radical (unpaired) electrons. The maximum absolute atomic E-state index is 12.0. The third kappa shape index (κ3) is 4.93. The van der Waals surface area contributed by atoms with E-state index in [1.807, 2.05) is 56.3 Å². The molecule has 5 heteroatoms. The number of carbonyl (C=O) groups is 1. The number of nitrogens with one attached hydrogen (secondary N) is 2. The molecule has 0 spiro atoms.